The van der Waals surface area contributed by atoms with Gasteiger partial charge < -0.3 is 9.64 Å². The molecule has 0 atom stereocenters. The number of ether oxygens (including phenoxy) is 1. The van der Waals surface area contributed by atoms with Gasteiger partial charge in [-0.15, -0.1) is 0 Å². The highest BCUT2D eigenvalue weighted by atomic mass is 16.5. The first-order chi connectivity index (χ1) is 5.81. The van der Waals surface area contributed by atoms with Gasteiger partial charge in [0.1, 0.15) is 0 Å². The Morgan fingerprint density at radius 1 is 1.15 bits per heavy atom. The Morgan fingerprint density at radius 2 is 1.77 bits per heavy atom. The van der Waals surface area contributed by atoms with Crippen LogP contribution in [0, 0.1) is 5.41 Å². The second-order valence-corrected chi connectivity index (χ2v) is 5.69. The third-order valence-corrected chi connectivity index (χ3v) is 2.57. The van der Waals surface area contributed by atoms with E-state index in [9.17, 15) is 0 Å². The number of rotatable bonds is 0. The van der Waals surface area contributed by atoms with Crippen LogP contribution in [0.5, 0.6) is 0 Å². The zero-order valence-electron chi connectivity index (χ0n) is 9.68. The molecule has 2 heteroatoms. The van der Waals surface area contributed by atoms with Crippen molar-refractivity contribution in [3.8, 4) is 0 Å². The van der Waals surface area contributed by atoms with Crippen LogP contribution < -0.4 is 0 Å². The standard InChI is InChI=1S/C11H23NO/c1-10(2)8-11(3,4)13-7-6-12(5)9-10/h6-9H2,1-5H3. The van der Waals surface area contributed by atoms with Crippen LogP contribution in [0.3, 0.4) is 0 Å². The maximum Gasteiger partial charge on any atom is 0.0632 e. The topological polar surface area (TPSA) is 12.5 Å². The van der Waals surface area contributed by atoms with E-state index in [1.54, 1.807) is 0 Å². The molecule has 1 aliphatic rings. The summed E-state index contributed by atoms with van der Waals surface area (Å²) in [5.74, 6) is 0. The molecule has 0 radical (unpaired) electrons. The molecule has 0 bridgehead atoms. The number of likely N-dealkylation sites (N-methyl/N-ethyl adjacent to an activating group) is 1. The van der Waals surface area contributed by atoms with Crippen molar-refractivity contribution in [1.82, 2.24) is 4.90 Å². The van der Waals surface area contributed by atoms with Crippen molar-refractivity contribution in [2.45, 2.75) is 39.7 Å². The Bertz CT molecular complexity index is 175. The van der Waals surface area contributed by atoms with E-state index >= 15 is 0 Å². The molecule has 0 spiro atoms. The van der Waals surface area contributed by atoms with E-state index in [-0.39, 0.29) is 5.60 Å². The minimum absolute atomic E-state index is 0.0464. The summed E-state index contributed by atoms with van der Waals surface area (Å²) in [4.78, 5) is 2.36. The molecule has 0 amide bonds. The molecule has 0 unspecified atom stereocenters. The lowest BCUT2D eigenvalue weighted by Crippen LogP contribution is -2.43. The molecule has 0 aromatic carbocycles. The van der Waals surface area contributed by atoms with Gasteiger partial charge in [-0.25, -0.2) is 0 Å². The van der Waals surface area contributed by atoms with Crippen LogP contribution >= 0.6 is 0 Å². The summed E-state index contributed by atoms with van der Waals surface area (Å²) in [5, 5.41) is 0. The molecule has 1 aliphatic heterocycles. The van der Waals surface area contributed by atoms with Crippen molar-refractivity contribution in [2.24, 2.45) is 5.41 Å². The van der Waals surface area contributed by atoms with Crippen molar-refractivity contribution < 1.29 is 4.74 Å². The van der Waals surface area contributed by atoms with E-state index in [1.165, 1.54) is 6.54 Å². The third kappa shape index (κ3) is 3.65. The zero-order chi connectivity index (χ0) is 10.1. The Morgan fingerprint density at radius 3 is 2.38 bits per heavy atom. The van der Waals surface area contributed by atoms with Crippen molar-refractivity contribution in [1.29, 1.82) is 0 Å². The van der Waals surface area contributed by atoms with Crippen LogP contribution in [0.15, 0.2) is 0 Å². The van der Waals surface area contributed by atoms with Crippen molar-refractivity contribution in [3.05, 3.63) is 0 Å². The van der Waals surface area contributed by atoms with Gasteiger partial charge in [0.25, 0.3) is 0 Å². The summed E-state index contributed by atoms with van der Waals surface area (Å²) in [6.07, 6.45) is 1.13. The van der Waals surface area contributed by atoms with E-state index in [1.807, 2.05) is 0 Å². The van der Waals surface area contributed by atoms with E-state index in [2.05, 4.69) is 39.6 Å². The fourth-order valence-corrected chi connectivity index (χ4v) is 2.55. The van der Waals surface area contributed by atoms with E-state index in [0.717, 1.165) is 19.6 Å². The molecule has 0 aromatic rings. The molecule has 13 heavy (non-hydrogen) atoms. The fourth-order valence-electron chi connectivity index (χ4n) is 2.55. The SMILES string of the molecule is CN1CCOC(C)(C)CC(C)(C)C1. The highest BCUT2D eigenvalue weighted by Gasteiger charge is 2.32. The molecule has 1 rings (SSSR count). The van der Waals surface area contributed by atoms with Gasteiger partial charge in [-0.2, -0.15) is 0 Å². The maximum atomic E-state index is 5.83. The second kappa shape index (κ2) is 3.58. The van der Waals surface area contributed by atoms with Gasteiger partial charge in [-0.05, 0) is 32.7 Å². The van der Waals surface area contributed by atoms with Crippen LogP contribution in [0.4, 0.5) is 0 Å². The highest BCUT2D eigenvalue weighted by Crippen LogP contribution is 2.32. The Balaban J connectivity index is 2.65. The van der Waals surface area contributed by atoms with Gasteiger partial charge >= 0.3 is 0 Å². The van der Waals surface area contributed by atoms with Crippen molar-refractivity contribution in [2.75, 3.05) is 26.7 Å². The monoisotopic (exact) mass is 185 g/mol. The zero-order valence-corrected chi connectivity index (χ0v) is 9.68. The first kappa shape index (κ1) is 11.0. The summed E-state index contributed by atoms with van der Waals surface area (Å²) < 4.78 is 5.83. The van der Waals surface area contributed by atoms with E-state index in [4.69, 9.17) is 4.74 Å². The second-order valence-electron chi connectivity index (χ2n) is 5.69. The van der Waals surface area contributed by atoms with Crippen LogP contribution in [-0.2, 0) is 4.74 Å². The quantitative estimate of drug-likeness (QED) is 0.573. The van der Waals surface area contributed by atoms with Gasteiger partial charge in [-0.3, -0.25) is 0 Å². The van der Waals surface area contributed by atoms with Crippen LogP contribution in [0.2, 0.25) is 0 Å². The molecular formula is C11H23NO. The number of hydrogen-bond acceptors (Lipinski definition) is 2. The number of nitrogens with zero attached hydrogens (tertiary/aromatic N) is 1. The van der Waals surface area contributed by atoms with Gasteiger partial charge in [-0.1, -0.05) is 13.8 Å². The molecule has 1 fully saturated rings. The predicted octanol–water partition coefficient (Wildman–Crippen LogP) is 2.14. The van der Waals surface area contributed by atoms with E-state index < -0.39 is 0 Å². The lowest BCUT2D eigenvalue weighted by atomic mass is 9.81. The highest BCUT2D eigenvalue weighted by molar-refractivity contribution is 4.83. The van der Waals surface area contributed by atoms with E-state index in [0.29, 0.717) is 5.41 Å². The molecule has 1 saturated heterocycles. The predicted molar refractivity (Wildman–Crippen MR) is 55.9 cm³/mol. The largest absolute Gasteiger partial charge is 0.374 e. The molecule has 0 N–H and O–H groups in total. The van der Waals surface area contributed by atoms with Crippen LogP contribution in [-0.4, -0.2) is 37.2 Å². The van der Waals surface area contributed by atoms with Gasteiger partial charge in [0.2, 0.25) is 0 Å². The maximum absolute atomic E-state index is 5.83. The van der Waals surface area contributed by atoms with Crippen molar-refractivity contribution >= 4 is 0 Å². The first-order valence-corrected chi connectivity index (χ1v) is 5.13. The molecule has 0 aromatic heterocycles. The van der Waals surface area contributed by atoms with Gasteiger partial charge in [0.15, 0.2) is 0 Å². The first-order valence-electron chi connectivity index (χ1n) is 5.13. The Kier molecular flexibility index (Phi) is 3.03. The summed E-state index contributed by atoms with van der Waals surface area (Å²) in [6, 6.07) is 0. The average molecular weight is 185 g/mol. The van der Waals surface area contributed by atoms with Crippen LogP contribution in [0.25, 0.3) is 0 Å². The normalized spacial score (nSPS) is 29.3. The Labute approximate surface area is 82.3 Å². The minimum atomic E-state index is 0.0464. The summed E-state index contributed by atoms with van der Waals surface area (Å²) in [6.45, 7) is 12.1. The molecule has 0 saturated carbocycles. The Hall–Kier alpha value is -0.0800. The number of hydrogen-bond donors (Lipinski definition) is 0. The van der Waals surface area contributed by atoms with Gasteiger partial charge in [0.05, 0.1) is 12.2 Å². The smallest absolute Gasteiger partial charge is 0.0632 e. The molecule has 0 aliphatic carbocycles. The summed E-state index contributed by atoms with van der Waals surface area (Å²) in [5.41, 5.74) is 0.406. The molecule has 78 valence electrons. The molecule has 1 heterocycles. The minimum Gasteiger partial charge on any atom is -0.374 e. The van der Waals surface area contributed by atoms with Crippen LogP contribution in [0.1, 0.15) is 34.1 Å². The molecule has 2 nitrogen and oxygen atoms in total. The lowest BCUT2D eigenvalue weighted by Gasteiger charge is -2.40. The summed E-state index contributed by atoms with van der Waals surface area (Å²) in [7, 11) is 2.17. The fraction of sp³-hybridized carbons (Fsp3) is 1.00. The van der Waals surface area contributed by atoms with Crippen molar-refractivity contribution in [3.63, 3.8) is 0 Å². The van der Waals surface area contributed by atoms with Gasteiger partial charge in [0, 0.05) is 13.1 Å². The third-order valence-electron chi connectivity index (χ3n) is 2.57. The summed E-state index contributed by atoms with van der Waals surface area (Å²) >= 11 is 0. The molecular weight excluding hydrogens is 162 g/mol. The average Bonchev–Trinajstić information content (AvgIpc) is 1.78. The lowest BCUT2D eigenvalue weighted by molar-refractivity contribution is -0.0731.